The molecule has 2 aromatic rings. The van der Waals surface area contributed by atoms with Crippen LogP contribution in [0.2, 0.25) is 10.0 Å². The van der Waals surface area contributed by atoms with Crippen molar-refractivity contribution in [3.05, 3.63) is 56.4 Å². The number of pyridine rings is 1. The second-order valence-electron chi connectivity index (χ2n) is 3.47. The van der Waals surface area contributed by atoms with E-state index in [1.807, 2.05) is 6.92 Å². The number of nitrogens with one attached hydrogen (secondary N) is 1. The van der Waals surface area contributed by atoms with Crippen molar-refractivity contribution in [1.82, 2.24) is 4.98 Å². The maximum atomic E-state index is 11.8. The first-order valence-corrected chi connectivity index (χ1v) is 5.49. The van der Waals surface area contributed by atoms with E-state index in [0.29, 0.717) is 21.2 Å². The van der Waals surface area contributed by atoms with Crippen LogP contribution in [0.4, 0.5) is 0 Å². The fourth-order valence-corrected chi connectivity index (χ4v) is 1.99. The van der Waals surface area contributed by atoms with Gasteiger partial charge >= 0.3 is 0 Å². The minimum atomic E-state index is -0.0691. The van der Waals surface area contributed by atoms with Gasteiger partial charge in [0.2, 0.25) is 0 Å². The molecule has 0 radical (unpaired) electrons. The number of benzene rings is 1. The molecular weight excluding hydrogens is 245 g/mol. The summed E-state index contributed by atoms with van der Waals surface area (Å²) >= 11 is 12.0. The fourth-order valence-electron chi connectivity index (χ4n) is 1.61. The molecule has 0 aliphatic heterocycles. The average Bonchev–Trinajstić information content (AvgIpc) is 2.23. The van der Waals surface area contributed by atoms with Crippen molar-refractivity contribution >= 4 is 23.2 Å². The van der Waals surface area contributed by atoms with Gasteiger partial charge in [0.15, 0.2) is 5.43 Å². The predicted molar refractivity (Wildman–Crippen MR) is 67.3 cm³/mol. The normalized spacial score (nSPS) is 10.4. The van der Waals surface area contributed by atoms with Crippen LogP contribution in [-0.2, 0) is 0 Å². The van der Waals surface area contributed by atoms with Gasteiger partial charge in [-0.25, -0.2) is 0 Å². The maximum absolute atomic E-state index is 11.8. The molecule has 0 fully saturated rings. The number of rotatable bonds is 1. The van der Waals surface area contributed by atoms with Gasteiger partial charge in [-0.15, -0.1) is 0 Å². The summed E-state index contributed by atoms with van der Waals surface area (Å²) in [5.74, 6) is 0. The average molecular weight is 254 g/mol. The van der Waals surface area contributed by atoms with Crippen LogP contribution < -0.4 is 5.43 Å². The molecule has 0 bridgehead atoms. The van der Waals surface area contributed by atoms with Crippen molar-refractivity contribution in [2.24, 2.45) is 0 Å². The summed E-state index contributed by atoms with van der Waals surface area (Å²) in [7, 11) is 0. The Kier molecular flexibility index (Phi) is 3.03. The number of aromatic amines is 1. The van der Waals surface area contributed by atoms with Gasteiger partial charge in [0, 0.05) is 39.1 Å². The van der Waals surface area contributed by atoms with Gasteiger partial charge in [0.1, 0.15) is 0 Å². The summed E-state index contributed by atoms with van der Waals surface area (Å²) in [6.45, 7) is 1.83. The molecule has 16 heavy (non-hydrogen) atoms. The van der Waals surface area contributed by atoms with Gasteiger partial charge < -0.3 is 4.98 Å². The van der Waals surface area contributed by atoms with Crippen LogP contribution in [-0.4, -0.2) is 4.98 Å². The zero-order valence-corrected chi connectivity index (χ0v) is 10.1. The van der Waals surface area contributed by atoms with E-state index in [-0.39, 0.29) is 5.43 Å². The Labute approximate surface area is 103 Å². The van der Waals surface area contributed by atoms with Crippen LogP contribution in [0.5, 0.6) is 0 Å². The van der Waals surface area contributed by atoms with E-state index < -0.39 is 0 Å². The number of hydrogen-bond donors (Lipinski definition) is 1. The van der Waals surface area contributed by atoms with E-state index in [1.165, 1.54) is 6.07 Å². The smallest absolute Gasteiger partial charge is 0.189 e. The lowest BCUT2D eigenvalue weighted by molar-refractivity contribution is 1.19. The molecule has 4 heteroatoms. The lowest BCUT2D eigenvalue weighted by atomic mass is 10.0. The van der Waals surface area contributed by atoms with Crippen molar-refractivity contribution in [3.63, 3.8) is 0 Å². The van der Waals surface area contributed by atoms with E-state index in [4.69, 9.17) is 23.2 Å². The molecule has 1 aromatic carbocycles. The minimum Gasteiger partial charge on any atom is -0.364 e. The van der Waals surface area contributed by atoms with Crippen LogP contribution in [0, 0.1) is 6.92 Å². The van der Waals surface area contributed by atoms with E-state index in [9.17, 15) is 4.79 Å². The molecule has 0 aliphatic rings. The molecule has 1 N–H and O–H groups in total. The molecule has 0 unspecified atom stereocenters. The van der Waals surface area contributed by atoms with E-state index in [1.54, 1.807) is 24.4 Å². The molecule has 0 aliphatic carbocycles. The van der Waals surface area contributed by atoms with Gasteiger partial charge in [-0.05, 0) is 25.1 Å². The quantitative estimate of drug-likeness (QED) is 0.827. The molecule has 0 atom stereocenters. The van der Waals surface area contributed by atoms with Crippen molar-refractivity contribution in [2.75, 3.05) is 0 Å². The third-order valence-electron chi connectivity index (χ3n) is 2.35. The molecule has 0 saturated heterocycles. The third kappa shape index (κ3) is 1.99. The van der Waals surface area contributed by atoms with Crippen molar-refractivity contribution in [3.8, 4) is 11.1 Å². The highest BCUT2D eigenvalue weighted by molar-refractivity contribution is 6.35. The third-order valence-corrected chi connectivity index (χ3v) is 2.92. The SMILES string of the molecule is Cc1[nH]ccc(=O)c1-c1cc(Cl)ccc1Cl. The molecule has 2 nitrogen and oxygen atoms in total. The lowest BCUT2D eigenvalue weighted by Gasteiger charge is -2.07. The van der Waals surface area contributed by atoms with Gasteiger partial charge in [0.05, 0.1) is 0 Å². The summed E-state index contributed by atoms with van der Waals surface area (Å²) in [6, 6.07) is 6.55. The Hall–Kier alpha value is -1.25. The zero-order chi connectivity index (χ0) is 11.7. The molecule has 1 aromatic heterocycles. The molecule has 0 amide bonds. The van der Waals surface area contributed by atoms with Gasteiger partial charge in [-0.3, -0.25) is 4.79 Å². The van der Waals surface area contributed by atoms with Crippen LogP contribution in [0.1, 0.15) is 5.69 Å². The number of aryl methyl sites for hydroxylation is 1. The van der Waals surface area contributed by atoms with Crippen LogP contribution in [0.3, 0.4) is 0 Å². The highest BCUT2D eigenvalue weighted by atomic mass is 35.5. The maximum Gasteiger partial charge on any atom is 0.189 e. The summed E-state index contributed by atoms with van der Waals surface area (Å²) in [4.78, 5) is 14.8. The number of halogens is 2. The highest BCUT2D eigenvalue weighted by Crippen LogP contribution is 2.29. The monoisotopic (exact) mass is 253 g/mol. The van der Waals surface area contributed by atoms with Crippen LogP contribution >= 0.6 is 23.2 Å². The first-order chi connectivity index (χ1) is 7.59. The Morgan fingerprint density at radius 1 is 1.19 bits per heavy atom. The standard InChI is InChI=1S/C12H9Cl2NO/c1-7-12(11(16)4-5-15-7)9-6-8(13)2-3-10(9)14/h2-6H,1H3,(H,15,16). The fraction of sp³-hybridized carbons (Fsp3) is 0.0833. The lowest BCUT2D eigenvalue weighted by Crippen LogP contribution is -2.06. The van der Waals surface area contributed by atoms with Crippen LogP contribution in [0.25, 0.3) is 11.1 Å². The second-order valence-corrected chi connectivity index (χ2v) is 4.31. The largest absolute Gasteiger partial charge is 0.364 e. The molecule has 1 heterocycles. The first-order valence-electron chi connectivity index (χ1n) is 4.73. The summed E-state index contributed by atoms with van der Waals surface area (Å²) in [5.41, 5.74) is 1.93. The van der Waals surface area contributed by atoms with Crippen molar-refractivity contribution in [1.29, 1.82) is 0 Å². The van der Waals surface area contributed by atoms with E-state index >= 15 is 0 Å². The van der Waals surface area contributed by atoms with Gasteiger partial charge in [-0.1, -0.05) is 23.2 Å². The Morgan fingerprint density at radius 3 is 2.62 bits per heavy atom. The van der Waals surface area contributed by atoms with Crippen molar-refractivity contribution in [2.45, 2.75) is 6.92 Å². The Balaban J connectivity index is 2.77. The van der Waals surface area contributed by atoms with Gasteiger partial charge in [-0.2, -0.15) is 0 Å². The molecule has 2 rings (SSSR count). The second kappa shape index (κ2) is 4.32. The predicted octanol–water partition coefficient (Wildman–Crippen LogP) is 3.66. The topological polar surface area (TPSA) is 32.9 Å². The summed E-state index contributed by atoms with van der Waals surface area (Å²) in [6.07, 6.45) is 1.61. The minimum absolute atomic E-state index is 0.0691. The van der Waals surface area contributed by atoms with Gasteiger partial charge in [0.25, 0.3) is 0 Å². The highest BCUT2D eigenvalue weighted by Gasteiger charge is 2.10. The Bertz CT molecular complexity index is 590. The summed E-state index contributed by atoms with van der Waals surface area (Å²) < 4.78 is 0. The van der Waals surface area contributed by atoms with E-state index in [0.717, 1.165) is 5.69 Å². The molecular formula is C12H9Cl2NO. The van der Waals surface area contributed by atoms with Crippen molar-refractivity contribution < 1.29 is 0 Å². The first kappa shape index (κ1) is 11.2. The number of hydrogen-bond acceptors (Lipinski definition) is 1. The zero-order valence-electron chi connectivity index (χ0n) is 8.55. The Morgan fingerprint density at radius 2 is 1.94 bits per heavy atom. The van der Waals surface area contributed by atoms with Crippen LogP contribution in [0.15, 0.2) is 35.3 Å². The van der Waals surface area contributed by atoms with E-state index in [2.05, 4.69) is 4.98 Å². The summed E-state index contributed by atoms with van der Waals surface area (Å²) in [5, 5.41) is 1.08. The molecule has 0 spiro atoms. The number of H-pyrrole nitrogens is 1. The molecule has 82 valence electrons. The molecule has 0 saturated carbocycles. The number of aromatic nitrogens is 1.